The number of rotatable bonds is 14. The van der Waals surface area contributed by atoms with Gasteiger partial charge in [0.15, 0.2) is 23.0 Å². The van der Waals surface area contributed by atoms with Crippen LogP contribution in [0, 0.1) is 17.9 Å². The molecule has 3 aromatic rings. The highest BCUT2D eigenvalue weighted by Crippen LogP contribution is 2.41. The van der Waals surface area contributed by atoms with Crippen molar-refractivity contribution < 1.29 is 47.6 Å². The van der Waals surface area contributed by atoms with Gasteiger partial charge in [-0.1, -0.05) is 24.3 Å². The summed E-state index contributed by atoms with van der Waals surface area (Å²) in [4.78, 5) is 52.4. The summed E-state index contributed by atoms with van der Waals surface area (Å²) in [5.41, 5.74) is 1.60. The van der Waals surface area contributed by atoms with E-state index in [0.717, 1.165) is 0 Å². The average molecular weight is 683 g/mol. The molecule has 0 aliphatic rings. The first-order chi connectivity index (χ1) is 24.0. The van der Waals surface area contributed by atoms with Crippen LogP contribution >= 0.6 is 0 Å². The number of benzene rings is 3. The molecule has 0 fully saturated rings. The smallest absolute Gasteiger partial charge is 0.308 e. The topological polar surface area (TPSA) is 176 Å². The number of carbonyl (C=O) groups excluding carboxylic acids is 4. The Balaban J connectivity index is 1.72. The third-order valence-corrected chi connectivity index (χ3v) is 6.72. The van der Waals surface area contributed by atoms with Crippen LogP contribution in [0.3, 0.4) is 0 Å². The number of ether oxygens (including phenoxy) is 6. The summed E-state index contributed by atoms with van der Waals surface area (Å²) in [6.07, 6.45) is 2.64. The molecule has 2 amide bonds. The van der Waals surface area contributed by atoms with Gasteiger partial charge >= 0.3 is 11.9 Å². The molecule has 0 aliphatic heterocycles. The van der Waals surface area contributed by atoms with E-state index in [1.807, 2.05) is 6.07 Å². The molecule has 0 atom stereocenters. The summed E-state index contributed by atoms with van der Waals surface area (Å²) in [7, 11) is 5.49. The third kappa shape index (κ3) is 9.85. The van der Waals surface area contributed by atoms with Crippen LogP contribution in [0.4, 0.5) is 0 Å². The lowest BCUT2D eigenvalue weighted by molar-refractivity contribution is -0.133. The second-order valence-corrected chi connectivity index (χ2v) is 10.2. The molecule has 0 unspecified atom stereocenters. The lowest BCUT2D eigenvalue weighted by Gasteiger charge is -2.14. The summed E-state index contributed by atoms with van der Waals surface area (Å²) in [6.45, 7) is 10.1. The van der Waals surface area contributed by atoms with E-state index in [9.17, 15) is 24.4 Å². The summed E-state index contributed by atoms with van der Waals surface area (Å²) in [6, 6.07) is 14.9. The summed E-state index contributed by atoms with van der Waals surface area (Å²) < 4.78 is 31.7. The molecule has 0 aromatic heterocycles. The zero-order chi connectivity index (χ0) is 36.8. The second-order valence-electron chi connectivity index (χ2n) is 10.2. The van der Waals surface area contributed by atoms with Gasteiger partial charge in [0.2, 0.25) is 11.5 Å². The van der Waals surface area contributed by atoms with E-state index in [4.69, 9.17) is 35.0 Å². The minimum Gasteiger partial charge on any atom is -0.493 e. The highest BCUT2D eigenvalue weighted by molar-refractivity contribution is 6.02. The molecule has 0 bridgehead atoms. The quantitative estimate of drug-likeness (QED) is 0.0812. The predicted octanol–water partition coefficient (Wildman–Crippen LogP) is 4.37. The van der Waals surface area contributed by atoms with E-state index in [0.29, 0.717) is 22.3 Å². The highest BCUT2D eigenvalue weighted by Gasteiger charge is 2.20. The fraction of sp³-hybridized carbons (Fsp3) is 0.222. The maximum absolute atomic E-state index is 13.0. The molecular weight excluding hydrogens is 648 g/mol. The molecule has 50 heavy (non-hydrogen) atoms. The molecule has 0 radical (unpaired) electrons. The molecule has 0 saturated heterocycles. The van der Waals surface area contributed by atoms with Gasteiger partial charge in [-0.2, -0.15) is 5.26 Å². The standard InChI is InChI=1S/C36H34N4O10/c1-21(41)49-33-30(46-5)15-25(16-31(33)47-6)14-28(38-3)36(44)40-20-24-10-8-9-23(13-24)19-39-35(43)27(18-37)17-26-11-12-29(45-4)34(32(26)48-7)50-22(2)42/h8-17H,19-20H2,1-2,4-7H3,(H,39,43)(H,40,44). The molecule has 258 valence electrons. The number of nitrogens with zero attached hydrogens (tertiary/aromatic N) is 2. The van der Waals surface area contributed by atoms with Gasteiger partial charge in [0.05, 0.1) is 35.0 Å². The highest BCUT2D eigenvalue weighted by atomic mass is 16.6. The van der Waals surface area contributed by atoms with Crippen LogP contribution in [0.2, 0.25) is 0 Å². The molecular formula is C36H34N4O10. The van der Waals surface area contributed by atoms with E-state index in [1.165, 1.54) is 72.6 Å². The number of methoxy groups -OCH3 is 4. The second kappa shape index (κ2) is 17.9. The fourth-order valence-electron chi connectivity index (χ4n) is 4.52. The van der Waals surface area contributed by atoms with Crippen molar-refractivity contribution in [1.82, 2.24) is 10.6 Å². The number of hydrogen-bond donors (Lipinski definition) is 2. The Morgan fingerprint density at radius 2 is 1.30 bits per heavy atom. The number of nitrogens with one attached hydrogen (secondary N) is 2. The Labute approximate surface area is 288 Å². The van der Waals surface area contributed by atoms with E-state index < -0.39 is 23.8 Å². The average Bonchev–Trinajstić information content (AvgIpc) is 3.10. The van der Waals surface area contributed by atoms with Crippen molar-refractivity contribution >= 4 is 35.9 Å². The van der Waals surface area contributed by atoms with Crippen LogP contribution in [-0.4, -0.2) is 52.2 Å². The zero-order valence-electron chi connectivity index (χ0n) is 28.2. The van der Waals surface area contributed by atoms with E-state index >= 15 is 0 Å². The molecule has 3 rings (SSSR count). The Bertz CT molecular complexity index is 1910. The van der Waals surface area contributed by atoms with Crippen LogP contribution in [0.5, 0.6) is 34.5 Å². The van der Waals surface area contributed by atoms with Crippen LogP contribution in [0.1, 0.15) is 36.1 Å². The zero-order valence-corrected chi connectivity index (χ0v) is 28.2. The van der Waals surface area contributed by atoms with Crippen LogP contribution < -0.4 is 39.1 Å². The van der Waals surface area contributed by atoms with Crippen molar-refractivity contribution in [3.05, 3.63) is 93.5 Å². The van der Waals surface area contributed by atoms with Gasteiger partial charge in [0, 0.05) is 32.5 Å². The fourth-order valence-corrected chi connectivity index (χ4v) is 4.52. The number of esters is 2. The van der Waals surface area contributed by atoms with Crippen LogP contribution in [0.15, 0.2) is 59.8 Å². The summed E-state index contributed by atoms with van der Waals surface area (Å²) >= 11 is 0. The Kier molecular flexibility index (Phi) is 13.5. The maximum Gasteiger partial charge on any atom is 0.308 e. The predicted molar refractivity (Wildman–Crippen MR) is 180 cm³/mol. The van der Waals surface area contributed by atoms with Gasteiger partial charge in [-0.05, 0) is 53.1 Å². The van der Waals surface area contributed by atoms with Gasteiger partial charge in [0.25, 0.3) is 17.5 Å². The Morgan fingerprint density at radius 3 is 1.80 bits per heavy atom. The third-order valence-electron chi connectivity index (χ3n) is 6.72. The Morgan fingerprint density at radius 1 is 0.740 bits per heavy atom. The van der Waals surface area contributed by atoms with Gasteiger partial charge in [0.1, 0.15) is 11.6 Å². The SMILES string of the molecule is [C-]#[N+]C(=Cc1cc(OC)c(OC(C)=O)c(OC)c1)C(=O)NCc1cccc(CNC(=O)C(C#N)=Cc2ccc(OC)c(OC(C)=O)c2OC)c1. The number of nitriles is 1. The monoisotopic (exact) mass is 682 g/mol. The summed E-state index contributed by atoms with van der Waals surface area (Å²) in [5.74, 6) is -1.76. The minimum atomic E-state index is -0.668. The van der Waals surface area contributed by atoms with Gasteiger partial charge in [-0.3, -0.25) is 19.2 Å². The molecule has 2 N–H and O–H groups in total. The first-order valence-electron chi connectivity index (χ1n) is 14.7. The van der Waals surface area contributed by atoms with Gasteiger partial charge in [-0.15, -0.1) is 0 Å². The van der Waals surface area contributed by atoms with E-state index in [2.05, 4.69) is 15.5 Å². The van der Waals surface area contributed by atoms with Crippen molar-refractivity contribution in [3.8, 4) is 40.6 Å². The normalized spacial score (nSPS) is 10.9. The molecule has 14 heteroatoms. The lowest BCUT2D eigenvalue weighted by Crippen LogP contribution is -2.25. The minimum absolute atomic E-state index is 0.00670. The van der Waals surface area contributed by atoms with Crippen molar-refractivity contribution in [3.63, 3.8) is 0 Å². The first kappa shape index (κ1) is 37.7. The number of amides is 2. The molecule has 14 nitrogen and oxygen atoms in total. The number of carbonyl (C=O) groups is 4. The van der Waals surface area contributed by atoms with Crippen molar-refractivity contribution in [1.29, 1.82) is 5.26 Å². The van der Waals surface area contributed by atoms with E-state index in [1.54, 1.807) is 30.3 Å². The van der Waals surface area contributed by atoms with Gasteiger partial charge < -0.3 is 39.1 Å². The van der Waals surface area contributed by atoms with Crippen molar-refractivity contribution in [2.24, 2.45) is 0 Å². The van der Waals surface area contributed by atoms with E-state index in [-0.39, 0.29) is 58.9 Å². The molecule has 0 heterocycles. The van der Waals surface area contributed by atoms with Crippen LogP contribution in [-0.2, 0) is 32.3 Å². The number of hydrogen-bond acceptors (Lipinski definition) is 11. The molecule has 3 aromatic carbocycles. The Hall–Kier alpha value is -6.80. The molecule has 0 saturated carbocycles. The maximum atomic E-state index is 13.0. The largest absolute Gasteiger partial charge is 0.493 e. The van der Waals surface area contributed by atoms with Crippen LogP contribution in [0.25, 0.3) is 17.0 Å². The molecule has 0 aliphatic carbocycles. The first-order valence-corrected chi connectivity index (χ1v) is 14.7. The van der Waals surface area contributed by atoms with Crippen molar-refractivity contribution in [2.75, 3.05) is 28.4 Å². The van der Waals surface area contributed by atoms with Gasteiger partial charge in [-0.25, -0.2) is 4.85 Å². The summed E-state index contributed by atoms with van der Waals surface area (Å²) in [5, 5.41) is 15.1. The lowest BCUT2D eigenvalue weighted by atomic mass is 10.1. The molecule has 0 spiro atoms. The van der Waals surface area contributed by atoms with Crippen molar-refractivity contribution in [2.45, 2.75) is 26.9 Å².